The van der Waals surface area contributed by atoms with E-state index in [2.05, 4.69) is 42.5 Å². The van der Waals surface area contributed by atoms with E-state index in [0.717, 1.165) is 12.8 Å². The van der Waals surface area contributed by atoms with Crippen LogP contribution < -0.4 is 10.6 Å². The van der Waals surface area contributed by atoms with Crippen molar-refractivity contribution in [2.45, 2.75) is 12.8 Å². The highest BCUT2D eigenvalue weighted by Crippen LogP contribution is 1.88. The fourth-order valence-electron chi connectivity index (χ4n) is 0.996. The average Bonchev–Trinajstić information content (AvgIpc) is 2.37. The lowest BCUT2D eigenvalue weighted by atomic mass is 10.3. The van der Waals surface area contributed by atoms with Crippen LogP contribution in [-0.2, 0) is 9.47 Å². The monoisotopic (exact) mass is 388 g/mol. The standard InChI is InChI=1S/C10H18Br2N2O4/c11-3-7-17-9(15)13-5-1-2-6-14-10(16)18-8-4-12/h1-8H2,(H,13,15)(H,14,16). The van der Waals surface area contributed by atoms with Crippen LogP contribution in [0.4, 0.5) is 9.59 Å². The summed E-state index contributed by atoms with van der Waals surface area (Å²) in [6.07, 6.45) is 0.697. The molecule has 0 aromatic rings. The van der Waals surface area contributed by atoms with Gasteiger partial charge in [-0.3, -0.25) is 0 Å². The van der Waals surface area contributed by atoms with Gasteiger partial charge in [-0.05, 0) is 12.8 Å². The molecule has 0 aliphatic heterocycles. The second-order valence-corrected chi connectivity index (χ2v) is 4.80. The molecular formula is C10H18Br2N2O4. The first-order valence-corrected chi connectivity index (χ1v) is 7.88. The van der Waals surface area contributed by atoms with Crippen molar-refractivity contribution in [3.05, 3.63) is 0 Å². The number of alkyl halides is 2. The van der Waals surface area contributed by atoms with E-state index in [-0.39, 0.29) is 0 Å². The minimum absolute atomic E-state index is 0.354. The van der Waals surface area contributed by atoms with Gasteiger partial charge in [-0.2, -0.15) is 0 Å². The molecule has 0 saturated carbocycles. The summed E-state index contributed by atoms with van der Waals surface area (Å²) < 4.78 is 9.58. The van der Waals surface area contributed by atoms with Gasteiger partial charge in [0.2, 0.25) is 0 Å². The number of carbonyl (C=O) groups excluding carboxylic acids is 2. The molecular weight excluding hydrogens is 372 g/mol. The van der Waals surface area contributed by atoms with Crippen molar-refractivity contribution in [2.75, 3.05) is 37.0 Å². The zero-order chi connectivity index (χ0) is 13.6. The minimum atomic E-state index is -0.417. The van der Waals surface area contributed by atoms with Gasteiger partial charge in [0, 0.05) is 23.7 Å². The molecule has 0 spiro atoms. The van der Waals surface area contributed by atoms with Crippen LogP contribution in [0.1, 0.15) is 12.8 Å². The molecule has 0 aliphatic rings. The van der Waals surface area contributed by atoms with Crippen LogP contribution in [0.5, 0.6) is 0 Å². The number of hydrogen-bond donors (Lipinski definition) is 2. The van der Waals surface area contributed by atoms with E-state index in [4.69, 9.17) is 9.47 Å². The lowest BCUT2D eigenvalue weighted by Gasteiger charge is -2.07. The van der Waals surface area contributed by atoms with Gasteiger partial charge in [-0.25, -0.2) is 9.59 Å². The third kappa shape index (κ3) is 12.0. The average molecular weight is 390 g/mol. The molecule has 0 atom stereocenters. The second kappa shape index (κ2) is 12.9. The Morgan fingerprint density at radius 3 is 1.56 bits per heavy atom. The maximum absolute atomic E-state index is 11.0. The Hall–Kier alpha value is -0.500. The van der Waals surface area contributed by atoms with Crippen molar-refractivity contribution in [3.63, 3.8) is 0 Å². The van der Waals surface area contributed by atoms with E-state index in [1.54, 1.807) is 0 Å². The van der Waals surface area contributed by atoms with Gasteiger partial charge < -0.3 is 20.1 Å². The first-order valence-electron chi connectivity index (χ1n) is 5.64. The molecule has 6 nitrogen and oxygen atoms in total. The van der Waals surface area contributed by atoms with Crippen LogP contribution in [0.2, 0.25) is 0 Å². The predicted octanol–water partition coefficient (Wildman–Crippen LogP) is 2.01. The highest BCUT2D eigenvalue weighted by Gasteiger charge is 2.01. The molecule has 0 aromatic carbocycles. The number of alkyl carbamates (subject to hydrolysis) is 2. The smallest absolute Gasteiger partial charge is 0.407 e. The summed E-state index contributed by atoms with van der Waals surface area (Å²) in [4.78, 5) is 22.0. The Balaban J connectivity index is 3.25. The number of unbranched alkanes of at least 4 members (excludes halogenated alkanes) is 1. The van der Waals surface area contributed by atoms with Gasteiger partial charge in [0.25, 0.3) is 0 Å². The topological polar surface area (TPSA) is 76.7 Å². The summed E-state index contributed by atoms with van der Waals surface area (Å²) in [6, 6.07) is 0. The van der Waals surface area contributed by atoms with E-state index in [1.165, 1.54) is 0 Å². The van der Waals surface area contributed by atoms with Crippen molar-refractivity contribution in [2.24, 2.45) is 0 Å². The normalized spacial score (nSPS) is 9.67. The number of hydrogen-bond acceptors (Lipinski definition) is 4. The van der Waals surface area contributed by atoms with Crippen molar-refractivity contribution in [1.29, 1.82) is 0 Å². The molecule has 0 unspecified atom stereocenters. The Bertz CT molecular complexity index is 218. The first kappa shape index (κ1) is 17.5. The first-order chi connectivity index (χ1) is 8.70. The Kier molecular flexibility index (Phi) is 12.6. The quantitative estimate of drug-likeness (QED) is 0.467. The molecule has 0 radical (unpaired) electrons. The molecule has 0 fully saturated rings. The molecule has 18 heavy (non-hydrogen) atoms. The molecule has 0 saturated heterocycles. The van der Waals surface area contributed by atoms with Gasteiger partial charge in [0.15, 0.2) is 0 Å². The van der Waals surface area contributed by atoms with E-state index < -0.39 is 12.2 Å². The van der Waals surface area contributed by atoms with Crippen molar-refractivity contribution in [3.8, 4) is 0 Å². The summed E-state index contributed by atoms with van der Waals surface area (Å²) in [6.45, 7) is 1.76. The molecule has 106 valence electrons. The van der Waals surface area contributed by atoms with Gasteiger partial charge in [0.05, 0.1) is 0 Å². The van der Waals surface area contributed by atoms with E-state index in [1.807, 2.05) is 0 Å². The fourth-order valence-corrected chi connectivity index (χ4v) is 1.32. The maximum atomic E-state index is 11.0. The van der Waals surface area contributed by atoms with E-state index in [9.17, 15) is 9.59 Å². The third-order valence-electron chi connectivity index (χ3n) is 1.76. The van der Waals surface area contributed by atoms with Gasteiger partial charge in [-0.15, -0.1) is 0 Å². The Morgan fingerprint density at radius 1 is 0.833 bits per heavy atom. The number of nitrogens with one attached hydrogen (secondary N) is 2. The molecule has 2 N–H and O–H groups in total. The van der Waals surface area contributed by atoms with E-state index in [0.29, 0.717) is 37.0 Å². The molecule has 8 heteroatoms. The van der Waals surface area contributed by atoms with Gasteiger partial charge >= 0.3 is 12.2 Å². The SMILES string of the molecule is O=C(NCCCCNC(=O)OCCBr)OCCBr. The van der Waals surface area contributed by atoms with Crippen LogP contribution in [0, 0.1) is 0 Å². The zero-order valence-electron chi connectivity index (χ0n) is 10.0. The molecule has 0 bridgehead atoms. The largest absolute Gasteiger partial charge is 0.449 e. The summed E-state index contributed by atoms with van der Waals surface area (Å²) in [7, 11) is 0. The number of carbonyl (C=O) groups is 2. The highest BCUT2D eigenvalue weighted by atomic mass is 79.9. The van der Waals surface area contributed by atoms with Crippen LogP contribution in [0.25, 0.3) is 0 Å². The van der Waals surface area contributed by atoms with Crippen molar-refractivity contribution in [1.82, 2.24) is 10.6 Å². The van der Waals surface area contributed by atoms with Gasteiger partial charge in [-0.1, -0.05) is 31.9 Å². The van der Waals surface area contributed by atoms with Crippen LogP contribution in [0.15, 0.2) is 0 Å². The maximum Gasteiger partial charge on any atom is 0.407 e. The Morgan fingerprint density at radius 2 is 1.22 bits per heavy atom. The lowest BCUT2D eigenvalue weighted by molar-refractivity contribution is 0.151. The zero-order valence-corrected chi connectivity index (χ0v) is 13.2. The fraction of sp³-hybridized carbons (Fsp3) is 0.800. The number of halogens is 2. The molecule has 2 amide bonds. The van der Waals surface area contributed by atoms with Crippen LogP contribution in [0.3, 0.4) is 0 Å². The molecule has 0 aromatic heterocycles. The number of amides is 2. The summed E-state index contributed by atoms with van der Waals surface area (Å²) in [5.41, 5.74) is 0. The Labute approximate surface area is 123 Å². The minimum Gasteiger partial charge on any atom is -0.449 e. The number of ether oxygens (including phenoxy) is 2. The van der Waals surface area contributed by atoms with Crippen LogP contribution >= 0.6 is 31.9 Å². The molecule has 0 aliphatic carbocycles. The molecule has 0 rings (SSSR count). The second-order valence-electron chi connectivity index (χ2n) is 3.21. The highest BCUT2D eigenvalue weighted by molar-refractivity contribution is 9.09. The molecule has 0 heterocycles. The summed E-state index contributed by atoms with van der Waals surface area (Å²) in [5.74, 6) is 0. The third-order valence-corrected chi connectivity index (χ3v) is 2.41. The van der Waals surface area contributed by atoms with Crippen LogP contribution in [-0.4, -0.2) is 49.1 Å². The summed E-state index contributed by atoms with van der Waals surface area (Å²) >= 11 is 6.30. The summed E-state index contributed by atoms with van der Waals surface area (Å²) in [5, 5.41) is 6.47. The van der Waals surface area contributed by atoms with Crippen molar-refractivity contribution < 1.29 is 19.1 Å². The predicted molar refractivity (Wildman–Crippen MR) is 75.5 cm³/mol. The van der Waals surface area contributed by atoms with Gasteiger partial charge in [0.1, 0.15) is 13.2 Å². The van der Waals surface area contributed by atoms with Crippen molar-refractivity contribution >= 4 is 44.0 Å². The van der Waals surface area contributed by atoms with E-state index >= 15 is 0 Å². The lowest BCUT2D eigenvalue weighted by Crippen LogP contribution is -2.28. The number of rotatable bonds is 9.